The third kappa shape index (κ3) is 4.73. The Kier molecular flexibility index (Phi) is 7.50. The van der Waals surface area contributed by atoms with E-state index in [1.165, 1.54) is 49.8 Å². The van der Waals surface area contributed by atoms with Crippen LogP contribution in [0.5, 0.6) is 0 Å². The first-order valence-corrected chi connectivity index (χ1v) is 8.40. The highest BCUT2D eigenvalue weighted by atomic mass is 14.8. The molecule has 20 heavy (non-hydrogen) atoms. The second-order valence-electron chi connectivity index (χ2n) is 6.60. The Morgan fingerprint density at radius 2 is 2.10 bits per heavy atom. The predicted molar refractivity (Wildman–Crippen MR) is 90.6 cm³/mol. The predicted octanol–water partition coefficient (Wildman–Crippen LogP) is 4.61. The van der Waals surface area contributed by atoms with Crippen LogP contribution in [0.1, 0.15) is 65.7 Å². The second kappa shape index (κ2) is 8.61. The van der Waals surface area contributed by atoms with Gasteiger partial charge in [0.05, 0.1) is 6.54 Å². The van der Waals surface area contributed by atoms with Gasteiger partial charge in [-0.25, -0.2) is 0 Å². The summed E-state index contributed by atoms with van der Waals surface area (Å²) in [6.45, 7) is 13.1. The molecule has 116 valence electrons. The Morgan fingerprint density at radius 3 is 2.70 bits per heavy atom. The topological polar surface area (TPSA) is 24.4 Å². The van der Waals surface area contributed by atoms with Crippen molar-refractivity contribution in [2.45, 2.75) is 65.7 Å². The van der Waals surface area contributed by atoms with Gasteiger partial charge in [-0.1, -0.05) is 33.3 Å². The fraction of sp³-hybridized carbons (Fsp3) is 0.833. The largest absolute Gasteiger partial charge is 0.319 e. The molecule has 0 radical (unpaired) electrons. The molecule has 0 saturated heterocycles. The van der Waals surface area contributed by atoms with Crippen molar-refractivity contribution in [1.29, 1.82) is 0 Å². The monoisotopic (exact) mass is 278 g/mol. The lowest BCUT2D eigenvalue weighted by Crippen LogP contribution is -2.24. The first kappa shape index (κ1) is 17.4. The molecule has 0 bridgehead atoms. The highest BCUT2D eigenvalue weighted by molar-refractivity contribution is 5.81. The maximum Gasteiger partial charge on any atom is 0.0601 e. The van der Waals surface area contributed by atoms with Gasteiger partial charge in [-0.2, -0.15) is 0 Å². The SMILES string of the molecule is C=C(C/N=C(\C)CCC)C1(CCC)CCC(CNC)C1. The summed E-state index contributed by atoms with van der Waals surface area (Å²) in [6, 6.07) is 0. The van der Waals surface area contributed by atoms with Crippen LogP contribution in [0.25, 0.3) is 0 Å². The van der Waals surface area contributed by atoms with Crippen molar-refractivity contribution in [1.82, 2.24) is 5.32 Å². The van der Waals surface area contributed by atoms with Crippen LogP contribution >= 0.6 is 0 Å². The summed E-state index contributed by atoms with van der Waals surface area (Å²) < 4.78 is 0. The number of rotatable bonds is 9. The smallest absolute Gasteiger partial charge is 0.0601 e. The molecule has 0 aromatic carbocycles. The van der Waals surface area contributed by atoms with Crippen LogP contribution in [-0.4, -0.2) is 25.8 Å². The van der Waals surface area contributed by atoms with E-state index in [0.717, 1.165) is 25.4 Å². The number of hydrogen-bond acceptors (Lipinski definition) is 2. The Hall–Kier alpha value is -0.630. The highest BCUT2D eigenvalue weighted by Gasteiger charge is 2.39. The van der Waals surface area contributed by atoms with Gasteiger partial charge in [-0.3, -0.25) is 4.99 Å². The molecular weight excluding hydrogens is 244 g/mol. The summed E-state index contributed by atoms with van der Waals surface area (Å²) >= 11 is 0. The van der Waals surface area contributed by atoms with Crippen LogP contribution < -0.4 is 5.32 Å². The molecule has 2 heteroatoms. The van der Waals surface area contributed by atoms with E-state index >= 15 is 0 Å². The van der Waals surface area contributed by atoms with Gasteiger partial charge < -0.3 is 5.32 Å². The summed E-state index contributed by atoms with van der Waals surface area (Å²) in [5.41, 5.74) is 3.03. The minimum absolute atomic E-state index is 0.367. The maximum absolute atomic E-state index is 4.76. The zero-order chi connectivity index (χ0) is 15.0. The molecule has 0 spiro atoms. The van der Waals surface area contributed by atoms with E-state index in [1.807, 2.05) is 0 Å². The number of hydrogen-bond donors (Lipinski definition) is 1. The Labute approximate surface area is 126 Å². The Balaban J connectivity index is 2.66. The van der Waals surface area contributed by atoms with Crippen molar-refractivity contribution in [2.24, 2.45) is 16.3 Å². The summed E-state index contributed by atoms with van der Waals surface area (Å²) in [6.07, 6.45) is 8.81. The molecule has 2 atom stereocenters. The van der Waals surface area contributed by atoms with E-state index in [-0.39, 0.29) is 0 Å². The van der Waals surface area contributed by atoms with Crippen LogP contribution in [0.4, 0.5) is 0 Å². The number of aliphatic imine (C=N–C) groups is 1. The minimum atomic E-state index is 0.367. The maximum atomic E-state index is 4.76. The third-order valence-corrected chi connectivity index (χ3v) is 4.83. The van der Waals surface area contributed by atoms with Crippen molar-refractivity contribution < 1.29 is 0 Å². The lowest BCUT2D eigenvalue weighted by molar-refractivity contribution is 0.314. The zero-order valence-electron chi connectivity index (χ0n) is 14.1. The fourth-order valence-corrected chi connectivity index (χ4v) is 3.74. The molecule has 0 amide bonds. The normalized spacial score (nSPS) is 27.0. The molecule has 2 nitrogen and oxygen atoms in total. The lowest BCUT2D eigenvalue weighted by atomic mass is 9.75. The van der Waals surface area contributed by atoms with Gasteiger partial charge in [-0.05, 0) is 69.5 Å². The van der Waals surface area contributed by atoms with E-state index in [1.54, 1.807) is 0 Å². The van der Waals surface area contributed by atoms with Gasteiger partial charge in [0.1, 0.15) is 0 Å². The molecule has 0 heterocycles. The van der Waals surface area contributed by atoms with E-state index in [2.05, 4.69) is 39.7 Å². The summed E-state index contributed by atoms with van der Waals surface area (Å²) in [7, 11) is 2.06. The number of nitrogens with zero attached hydrogens (tertiary/aromatic N) is 1. The van der Waals surface area contributed by atoms with E-state index in [9.17, 15) is 0 Å². The van der Waals surface area contributed by atoms with Gasteiger partial charge in [-0.15, -0.1) is 0 Å². The highest BCUT2D eigenvalue weighted by Crippen LogP contribution is 2.49. The summed E-state index contributed by atoms with van der Waals surface area (Å²) in [5.74, 6) is 0.823. The fourth-order valence-electron chi connectivity index (χ4n) is 3.74. The van der Waals surface area contributed by atoms with Crippen LogP contribution in [0.2, 0.25) is 0 Å². The molecule has 1 fully saturated rings. The van der Waals surface area contributed by atoms with Crippen molar-refractivity contribution in [2.75, 3.05) is 20.1 Å². The van der Waals surface area contributed by atoms with Gasteiger partial charge in [0.2, 0.25) is 0 Å². The van der Waals surface area contributed by atoms with Crippen LogP contribution in [0.15, 0.2) is 17.1 Å². The third-order valence-electron chi connectivity index (χ3n) is 4.83. The molecular formula is C18H34N2. The second-order valence-corrected chi connectivity index (χ2v) is 6.60. The van der Waals surface area contributed by atoms with Crippen LogP contribution in [0.3, 0.4) is 0 Å². The summed E-state index contributed by atoms with van der Waals surface area (Å²) in [5, 5.41) is 3.34. The average Bonchev–Trinajstić information content (AvgIpc) is 2.82. The van der Waals surface area contributed by atoms with Crippen LogP contribution in [-0.2, 0) is 0 Å². The van der Waals surface area contributed by atoms with E-state index < -0.39 is 0 Å². The first-order valence-electron chi connectivity index (χ1n) is 8.40. The molecule has 1 aliphatic carbocycles. The standard InChI is InChI=1S/C18H34N2/c1-6-8-16(4)20-13-15(3)18(10-7-2)11-9-17(12-18)14-19-5/h17,19H,3,6-14H2,1-2,4-5H3/b20-16+. The molecule has 2 unspecified atom stereocenters. The van der Waals surface area contributed by atoms with Crippen molar-refractivity contribution in [3.05, 3.63) is 12.2 Å². The molecule has 1 rings (SSSR count). The molecule has 1 saturated carbocycles. The van der Waals surface area contributed by atoms with E-state index in [0.29, 0.717) is 5.41 Å². The zero-order valence-corrected chi connectivity index (χ0v) is 14.1. The lowest BCUT2D eigenvalue weighted by Gasteiger charge is -2.31. The van der Waals surface area contributed by atoms with E-state index in [4.69, 9.17) is 4.99 Å². The summed E-state index contributed by atoms with van der Waals surface area (Å²) in [4.78, 5) is 4.76. The number of nitrogens with one attached hydrogen (secondary N) is 1. The van der Waals surface area contributed by atoms with Gasteiger partial charge in [0.25, 0.3) is 0 Å². The van der Waals surface area contributed by atoms with Gasteiger partial charge in [0, 0.05) is 5.71 Å². The van der Waals surface area contributed by atoms with Crippen molar-refractivity contribution in [3.8, 4) is 0 Å². The van der Waals surface area contributed by atoms with Gasteiger partial charge in [0.15, 0.2) is 0 Å². The Bertz CT molecular complexity index is 332. The molecule has 0 aromatic heterocycles. The van der Waals surface area contributed by atoms with Crippen LogP contribution in [0, 0.1) is 11.3 Å². The quantitative estimate of drug-likeness (QED) is 0.483. The Morgan fingerprint density at radius 1 is 1.35 bits per heavy atom. The molecule has 0 aliphatic heterocycles. The first-order chi connectivity index (χ1) is 9.57. The molecule has 0 aromatic rings. The van der Waals surface area contributed by atoms with Crippen molar-refractivity contribution >= 4 is 5.71 Å². The average molecular weight is 278 g/mol. The van der Waals surface area contributed by atoms with Gasteiger partial charge >= 0.3 is 0 Å². The molecule has 1 N–H and O–H groups in total. The van der Waals surface area contributed by atoms with Crippen molar-refractivity contribution in [3.63, 3.8) is 0 Å². The molecule has 1 aliphatic rings. The minimum Gasteiger partial charge on any atom is -0.319 e.